The molecule has 0 radical (unpaired) electrons. The monoisotopic (exact) mass is 425 g/mol. The second-order valence-corrected chi connectivity index (χ2v) is 8.11. The fourth-order valence-corrected chi connectivity index (χ4v) is 4.31. The van der Waals surface area contributed by atoms with Gasteiger partial charge in [0.05, 0.1) is 17.5 Å². The summed E-state index contributed by atoms with van der Waals surface area (Å²) in [5.74, 6) is 1.50. The second kappa shape index (κ2) is 7.45. The molecule has 162 valence electrons. The Hall–Kier alpha value is -3.27. The second-order valence-electron chi connectivity index (χ2n) is 8.11. The summed E-state index contributed by atoms with van der Waals surface area (Å²) >= 11 is 0. The van der Waals surface area contributed by atoms with E-state index in [0.29, 0.717) is 38.4 Å². The fraction of sp³-hybridized carbons (Fsp3) is 0.476. The van der Waals surface area contributed by atoms with Crippen LogP contribution in [0.5, 0.6) is 0 Å². The van der Waals surface area contributed by atoms with Crippen molar-refractivity contribution in [2.24, 2.45) is 7.05 Å². The normalized spacial score (nSPS) is 17.2. The maximum Gasteiger partial charge on any atom is 0.329 e. The molecule has 3 aromatic rings. The lowest BCUT2D eigenvalue weighted by Crippen LogP contribution is -2.37. The van der Waals surface area contributed by atoms with Crippen LogP contribution in [0.2, 0.25) is 0 Å². The van der Waals surface area contributed by atoms with Gasteiger partial charge in [-0.1, -0.05) is 0 Å². The van der Waals surface area contributed by atoms with Crippen LogP contribution in [0.1, 0.15) is 52.2 Å². The van der Waals surface area contributed by atoms with E-state index in [-0.39, 0.29) is 28.4 Å². The number of pyridine rings is 1. The lowest BCUT2D eigenvalue weighted by molar-refractivity contribution is 0.0727. The maximum absolute atomic E-state index is 13.4. The van der Waals surface area contributed by atoms with Gasteiger partial charge < -0.3 is 14.1 Å². The Morgan fingerprint density at radius 2 is 2.00 bits per heavy atom. The van der Waals surface area contributed by atoms with Crippen LogP contribution >= 0.6 is 0 Å². The van der Waals surface area contributed by atoms with Crippen LogP contribution in [0, 0.1) is 6.92 Å². The van der Waals surface area contributed by atoms with Crippen molar-refractivity contribution >= 4 is 16.9 Å². The molecule has 10 nitrogen and oxygen atoms in total. The maximum atomic E-state index is 13.4. The van der Waals surface area contributed by atoms with Crippen molar-refractivity contribution in [2.45, 2.75) is 38.6 Å². The minimum Gasteiger partial charge on any atom is -0.445 e. The molecule has 0 bridgehead atoms. The standard InChI is InChI=1S/C21H23N5O5/c1-11-9-13(16-17(22-11)25(2)21(29)24-18(16)27)20(28)26-6-3-15-14(10-26)23-19(31-15)12-4-7-30-8-5-12/h9,12H,3-8,10H2,1-2H3,(H,24,27,29). The van der Waals surface area contributed by atoms with Crippen molar-refractivity contribution in [3.63, 3.8) is 0 Å². The van der Waals surface area contributed by atoms with E-state index in [9.17, 15) is 14.4 Å². The molecular weight excluding hydrogens is 402 g/mol. The predicted molar refractivity (Wildman–Crippen MR) is 110 cm³/mol. The van der Waals surface area contributed by atoms with Crippen LogP contribution in [-0.2, 0) is 24.8 Å². The average molecular weight is 425 g/mol. The highest BCUT2D eigenvalue weighted by Crippen LogP contribution is 2.30. The van der Waals surface area contributed by atoms with Gasteiger partial charge in [0.1, 0.15) is 17.1 Å². The van der Waals surface area contributed by atoms with Crippen molar-refractivity contribution < 1.29 is 13.9 Å². The Morgan fingerprint density at radius 1 is 1.23 bits per heavy atom. The molecule has 0 unspecified atom stereocenters. The summed E-state index contributed by atoms with van der Waals surface area (Å²) < 4.78 is 12.7. The number of fused-ring (bicyclic) bond motifs is 2. The fourth-order valence-electron chi connectivity index (χ4n) is 4.31. The number of oxazole rings is 1. The molecule has 31 heavy (non-hydrogen) atoms. The summed E-state index contributed by atoms with van der Waals surface area (Å²) in [5, 5.41) is 0.117. The number of aromatic nitrogens is 4. The quantitative estimate of drug-likeness (QED) is 0.650. The number of H-pyrrole nitrogens is 1. The summed E-state index contributed by atoms with van der Waals surface area (Å²) in [7, 11) is 1.52. The first-order valence-electron chi connectivity index (χ1n) is 10.4. The first-order chi connectivity index (χ1) is 14.9. The number of hydrogen-bond acceptors (Lipinski definition) is 7. The SMILES string of the molecule is Cc1cc(C(=O)N2CCc3oc(C4CCOCC4)nc3C2)c2c(=O)[nH]c(=O)n(C)c2n1. The van der Waals surface area contributed by atoms with E-state index in [1.54, 1.807) is 17.9 Å². The molecule has 1 amide bonds. The van der Waals surface area contributed by atoms with Gasteiger partial charge in [-0.25, -0.2) is 14.8 Å². The van der Waals surface area contributed by atoms with Crippen molar-refractivity contribution in [2.75, 3.05) is 19.8 Å². The Balaban J connectivity index is 1.49. The van der Waals surface area contributed by atoms with E-state index in [1.807, 2.05) is 0 Å². The molecule has 5 heterocycles. The highest BCUT2D eigenvalue weighted by Gasteiger charge is 2.30. The van der Waals surface area contributed by atoms with E-state index >= 15 is 0 Å². The zero-order valence-corrected chi connectivity index (χ0v) is 17.4. The van der Waals surface area contributed by atoms with E-state index in [1.165, 1.54) is 11.6 Å². The summed E-state index contributed by atoms with van der Waals surface area (Å²) in [6.45, 7) is 3.91. The topological polar surface area (TPSA) is 123 Å². The van der Waals surface area contributed by atoms with Gasteiger partial charge in [0, 0.05) is 44.8 Å². The van der Waals surface area contributed by atoms with Crippen molar-refractivity contribution in [3.8, 4) is 0 Å². The number of ether oxygens (including phenoxy) is 1. The zero-order chi connectivity index (χ0) is 21.7. The van der Waals surface area contributed by atoms with Crippen molar-refractivity contribution in [3.05, 3.63) is 55.5 Å². The Morgan fingerprint density at radius 3 is 2.77 bits per heavy atom. The molecular formula is C21H23N5O5. The molecule has 10 heteroatoms. The van der Waals surface area contributed by atoms with Gasteiger partial charge >= 0.3 is 5.69 Å². The molecule has 3 aromatic heterocycles. The van der Waals surface area contributed by atoms with Crippen molar-refractivity contribution in [1.29, 1.82) is 0 Å². The van der Waals surface area contributed by atoms with Gasteiger partial charge in [-0.05, 0) is 25.8 Å². The van der Waals surface area contributed by atoms with E-state index in [2.05, 4.69) is 15.0 Å². The highest BCUT2D eigenvalue weighted by atomic mass is 16.5. The van der Waals surface area contributed by atoms with E-state index < -0.39 is 11.2 Å². The lowest BCUT2D eigenvalue weighted by atomic mass is 10.0. The summed E-state index contributed by atoms with van der Waals surface area (Å²) in [6, 6.07) is 1.59. The third-order valence-electron chi connectivity index (χ3n) is 6.03. The average Bonchev–Trinajstić information content (AvgIpc) is 3.20. The van der Waals surface area contributed by atoms with Gasteiger partial charge in [0.15, 0.2) is 5.89 Å². The molecule has 1 fully saturated rings. The number of amides is 1. The number of rotatable bonds is 2. The third-order valence-corrected chi connectivity index (χ3v) is 6.03. The molecule has 0 spiro atoms. The van der Waals surface area contributed by atoms with Gasteiger partial charge in [0.25, 0.3) is 11.5 Å². The van der Waals surface area contributed by atoms with Crippen LogP contribution in [0.3, 0.4) is 0 Å². The summed E-state index contributed by atoms with van der Waals surface area (Å²) in [6.07, 6.45) is 2.33. The Kier molecular flexibility index (Phi) is 4.73. The van der Waals surface area contributed by atoms with Crippen LogP contribution in [0.15, 0.2) is 20.1 Å². The van der Waals surface area contributed by atoms with Gasteiger partial charge in [-0.15, -0.1) is 0 Å². The number of nitrogens with one attached hydrogen (secondary N) is 1. The molecule has 5 rings (SSSR count). The Bertz CT molecular complexity index is 1300. The van der Waals surface area contributed by atoms with Crippen molar-refractivity contribution in [1.82, 2.24) is 24.4 Å². The van der Waals surface area contributed by atoms with Gasteiger partial charge in [-0.2, -0.15) is 0 Å². The van der Waals surface area contributed by atoms with Crippen LogP contribution in [0.4, 0.5) is 0 Å². The number of aryl methyl sites for hydroxylation is 2. The molecule has 0 atom stereocenters. The van der Waals surface area contributed by atoms with Gasteiger partial charge in [0.2, 0.25) is 0 Å². The molecule has 2 aliphatic heterocycles. The molecule has 0 aliphatic carbocycles. The lowest BCUT2D eigenvalue weighted by Gasteiger charge is -2.26. The van der Waals surface area contributed by atoms with Gasteiger partial charge in [-0.3, -0.25) is 19.1 Å². The number of nitrogens with zero attached hydrogens (tertiary/aromatic N) is 4. The first-order valence-corrected chi connectivity index (χ1v) is 10.4. The smallest absolute Gasteiger partial charge is 0.329 e. The van der Waals surface area contributed by atoms with E-state index in [0.717, 1.165) is 30.2 Å². The van der Waals surface area contributed by atoms with Crippen LogP contribution < -0.4 is 11.2 Å². The Labute approximate surface area is 176 Å². The molecule has 0 aromatic carbocycles. The number of hydrogen-bond donors (Lipinski definition) is 1. The minimum atomic E-state index is -0.616. The molecule has 2 aliphatic rings. The zero-order valence-electron chi connectivity index (χ0n) is 17.4. The number of carbonyl (C=O) groups excluding carboxylic acids is 1. The third kappa shape index (κ3) is 3.36. The number of carbonyl (C=O) groups is 1. The molecule has 0 saturated carbocycles. The first kappa shape index (κ1) is 19.7. The van der Waals surface area contributed by atoms with Crippen LogP contribution in [0.25, 0.3) is 11.0 Å². The largest absolute Gasteiger partial charge is 0.445 e. The van der Waals surface area contributed by atoms with E-state index in [4.69, 9.17) is 9.15 Å². The molecule has 1 saturated heterocycles. The summed E-state index contributed by atoms with van der Waals surface area (Å²) in [4.78, 5) is 50.8. The highest BCUT2D eigenvalue weighted by molar-refractivity contribution is 6.05. The van der Waals surface area contributed by atoms with Crippen LogP contribution in [-0.4, -0.2) is 50.1 Å². The molecule has 1 N–H and O–H groups in total. The number of aromatic amines is 1. The minimum absolute atomic E-state index is 0.117. The predicted octanol–water partition coefficient (Wildman–Crippen LogP) is 1.01. The summed E-state index contributed by atoms with van der Waals surface area (Å²) in [5.41, 5.74) is 0.554.